The fraction of sp³-hybridized carbons (Fsp3) is 0. The molecular formula is CHFeKN-. The van der Waals surface area contributed by atoms with E-state index in [9.17, 15) is 0 Å². The van der Waals surface area contributed by atoms with E-state index in [2.05, 4.69) is 0 Å². The summed E-state index contributed by atoms with van der Waals surface area (Å²) in [5.74, 6) is 0. The first-order chi connectivity index (χ1) is 1.00. The summed E-state index contributed by atoms with van der Waals surface area (Å²) < 4.78 is 0. The summed E-state index contributed by atoms with van der Waals surface area (Å²) in [6, 6.07) is 0. The van der Waals surface area contributed by atoms with E-state index in [0.29, 0.717) is 0 Å². The van der Waals surface area contributed by atoms with Crippen molar-refractivity contribution in [1.29, 1.82) is 5.26 Å². The Labute approximate surface area is 80.1 Å². The van der Waals surface area contributed by atoms with Crippen molar-refractivity contribution in [2.24, 2.45) is 0 Å². The quantitative estimate of drug-likeness (QED) is 0.251. The molecule has 0 fully saturated rings. The fourth-order valence-electron chi connectivity index (χ4n) is 0. The molecule has 3 heteroatoms. The average Bonchev–Trinajstić information content (AvgIpc) is 1.00. The summed E-state index contributed by atoms with van der Waals surface area (Å²) in [6.45, 7) is 4.75. The van der Waals surface area contributed by atoms with Gasteiger partial charge in [-0.2, -0.15) is 0 Å². The number of hydrogen-bond acceptors (Lipinski definition) is 1. The molecule has 0 aliphatic heterocycles. The van der Waals surface area contributed by atoms with E-state index in [0.717, 1.165) is 0 Å². The maximum atomic E-state index is 6.25. The molecule has 1 nitrogen and oxygen atoms in total. The largest absolute Gasteiger partial charge is 1.00 e. The SMILES string of the molecule is [C-]#N.[Fe].[H-].[K+]. The van der Waals surface area contributed by atoms with E-state index in [1.807, 2.05) is 0 Å². The number of rotatable bonds is 0. The van der Waals surface area contributed by atoms with Gasteiger partial charge in [0.05, 0.1) is 0 Å². The maximum Gasteiger partial charge on any atom is 1.00 e. The summed E-state index contributed by atoms with van der Waals surface area (Å²) in [6.07, 6.45) is 0. The van der Waals surface area contributed by atoms with E-state index in [4.69, 9.17) is 11.8 Å². The van der Waals surface area contributed by atoms with Gasteiger partial charge in [-0.05, 0) is 0 Å². The predicted octanol–water partition coefficient (Wildman–Crippen LogP) is -2.79. The second kappa shape index (κ2) is 22.8. The van der Waals surface area contributed by atoms with Crippen LogP contribution in [0.4, 0.5) is 0 Å². The molecule has 0 rings (SSSR count). The third kappa shape index (κ3) is 9.42. The van der Waals surface area contributed by atoms with Gasteiger partial charge in [0, 0.05) is 17.1 Å². The summed E-state index contributed by atoms with van der Waals surface area (Å²) in [4.78, 5) is 0. The van der Waals surface area contributed by atoms with Gasteiger partial charge in [0.1, 0.15) is 0 Å². The van der Waals surface area contributed by atoms with Crippen LogP contribution < -0.4 is 51.4 Å². The van der Waals surface area contributed by atoms with E-state index in [1.54, 1.807) is 0 Å². The molecule has 0 atom stereocenters. The first kappa shape index (κ1) is 17.4. The van der Waals surface area contributed by atoms with Crippen LogP contribution in [0.25, 0.3) is 0 Å². The molecular weight excluding hydrogens is 121 g/mol. The molecule has 0 saturated heterocycles. The van der Waals surface area contributed by atoms with Gasteiger partial charge in [-0.1, -0.05) is 0 Å². The number of nitrogens with zero attached hydrogens (tertiary/aromatic N) is 1. The zero-order valence-electron chi connectivity index (χ0n) is 3.30. The Morgan fingerprint density at radius 1 is 1.50 bits per heavy atom. The first-order valence-electron chi connectivity index (χ1n) is 0.224. The van der Waals surface area contributed by atoms with Crippen LogP contribution in [0.15, 0.2) is 0 Å². The normalized spacial score (nSPS) is 0.500. The molecule has 0 amide bonds. The Morgan fingerprint density at radius 3 is 1.50 bits per heavy atom. The standard InChI is InChI=1S/CN.Fe.K.H/c1-2;;;/q-1;;+1;-1. The molecule has 0 bridgehead atoms. The predicted molar refractivity (Wildman–Crippen MR) is 6.08 cm³/mol. The molecule has 0 aliphatic carbocycles. The smallest absolute Gasteiger partial charge is 1.00 e. The molecule has 0 saturated carbocycles. The van der Waals surface area contributed by atoms with Gasteiger partial charge in [-0.25, -0.2) is 0 Å². The van der Waals surface area contributed by atoms with Gasteiger partial charge in [-0.3, -0.25) is 0 Å². The molecule has 0 heterocycles. The zero-order valence-corrected chi connectivity index (χ0v) is 6.53. The second-order valence-electron chi connectivity index (χ2n) is 0. The molecule has 0 aliphatic rings. The van der Waals surface area contributed by atoms with Crippen molar-refractivity contribution in [3.63, 3.8) is 0 Å². The minimum Gasteiger partial charge on any atom is -1.00 e. The third-order valence-corrected chi connectivity index (χ3v) is 0. The monoisotopic (exact) mass is 122 g/mol. The van der Waals surface area contributed by atoms with Gasteiger partial charge in [-0.15, -0.1) is 0 Å². The zero-order chi connectivity index (χ0) is 2.00. The van der Waals surface area contributed by atoms with Gasteiger partial charge in [0.25, 0.3) is 0 Å². The van der Waals surface area contributed by atoms with Crippen molar-refractivity contribution < 1.29 is 69.9 Å². The minimum atomic E-state index is 0. The van der Waals surface area contributed by atoms with E-state index >= 15 is 0 Å². The molecule has 20 valence electrons. The average molecular weight is 122 g/mol. The van der Waals surface area contributed by atoms with Crippen molar-refractivity contribution in [2.75, 3.05) is 0 Å². The van der Waals surface area contributed by atoms with Crippen molar-refractivity contribution in [3.8, 4) is 0 Å². The first-order valence-corrected chi connectivity index (χ1v) is 0.224. The van der Waals surface area contributed by atoms with E-state index in [1.165, 1.54) is 0 Å². The van der Waals surface area contributed by atoms with Gasteiger partial charge >= 0.3 is 51.4 Å². The maximum absolute atomic E-state index is 6.25. The topological polar surface area (TPSA) is 23.8 Å². The Morgan fingerprint density at radius 2 is 1.50 bits per heavy atom. The summed E-state index contributed by atoms with van der Waals surface area (Å²) >= 11 is 0. The van der Waals surface area contributed by atoms with Crippen LogP contribution in [0.3, 0.4) is 0 Å². The Kier molecular flexibility index (Phi) is 99.2. The van der Waals surface area contributed by atoms with Crippen LogP contribution in [0, 0.1) is 11.8 Å². The van der Waals surface area contributed by atoms with E-state index in [-0.39, 0.29) is 69.9 Å². The summed E-state index contributed by atoms with van der Waals surface area (Å²) in [5, 5.41) is 6.25. The van der Waals surface area contributed by atoms with Gasteiger partial charge in [0.15, 0.2) is 0 Å². The van der Waals surface area contributed by atoms with Crippen LogP contribution in [0.1, 0.15) is 1.43 Å². The van der Waals surface area contributed by atoms with Crippen molar-refractivity contribution in [1.82, 2.24) is 0 Å². The summed E-state index contributed by atoms with van der Waals surface area (Å²) in [5.41, 5.74) is 0. The van der Waals surface area contributed by atoms with Gasteiger partial charge in [0.2, 0.25) is 0 Å². The van der Waals surface area contributed by atoms with Crippen molar-refractivity contribution >= 4 is 0 Å². The number of hydrogen-bond donors (Lipinski definition) is 0. The van der Waals surface area contributed by atoms with Crippen LogP contribution in [-0.4, -0.2) is 0 Å². The van der Waals surface area contributed by atoms with Crippen LogP contribution in [0.5, 0.6) is 0 Å². The van der Waals surface area contributed by atoms with Crippen molar-refractivity contribution in [3.05, 3.63) is 6.57 Å². The summed E-state index contributed by atoms with van der Waals surface area (Å²) in [7, 11) is 0. The molecule has 0 radical (unpaired) electrons. The molecule has 0 unspecified atom stereocenters. The molecule has 0 aromatic carbocycles. The molecule has 4 heavy (non-hydrogen) atoms. The molecule has 0 N–H and O–H groups in total. The fourth-order valence-corrected chi connectivity index (χ4v) is 0. The Hall–Kier alpha value is 1.65. The molecule has 0 aromatic rings. The Bertz CT molecular complexity index is 16.4. The molecule has 0 aromatic heterocycles. The van der Waals surface area contributed by atoms with Crippen molar-refractivity contribution in [2.45, 2.75) is 0 Å². The minimum absolute atomic E-state index is 0. The van der Waals surface area contributed by atoms with E-state index < -0.39 is 0 Å². The second-order valence-corrected chi connectivity index (χ2v) is 0. The van der Waals surface area contributed by atoms with Crippen LogP contribution in [-0.2, 0) is 17.1 Å². The van der Waals surface area contributed by atoms with Crippen LogP contribution in [0.2, 0.25) is 0 Å². The van der Waals surface area contributed by atoms with Gasteiger partial charge < -0.3 is 13.3 Å². The van der Waals surface area contributed by atoms with Crippen LogP contribution >= 0.6 is 0 Å². The Balaban J connectivity index is -0.00000000167. The third-order valence-electron chi connectivity index (χ3n) is 0. The molecule has 0 spiro atoms.